The molecule has 2 aromatic carbocycles. The molecule has 3 rings (SSSR count). The molecule has 0 aromatic heterocycles. The first-order valence-electron chi connectivity index (χ1n) is 8.50. The van der Waals surface area contributed by atoms with Crippen LogP contribution in [0.15, 0.2) is 42.5 Å². The van der Waals surface area contributed by atoms with Gasteiger partial charge in [0.1, 0.15) is 0 Å². The standard InChI is InChI=1S/C20H23IN2O/c1-15-13-18(21)9-10-19(15)22-20(24)17-7-5-16(6-8-17)14-23-11-3-2-4-12-23/h5-10,13H,2-4,11-12,14H2,1H3,(H,22,24). The van der Waals surface area contributed by atoms with Crippen LogP contribution in [0.5, 0.6) is 0 Å². The van der Waals surface area contributed by atoms with E-state index in [9.17, 15) is 4.79 Å². The number of aryl methyl sites for hydroxylation is 1. The monoisotopic (exact) mass is 434 g/mol. The summed E-state index contributed by atoms with van der Waals surface area (Å²) in [5, 5.41) is 3.00. The molecule has 1 saturated heterocycles. The van der Waals surface area contributed by atoms with E-state index in [0.29, 0.717) is 5.56 Å². The van der Waals surface area contributed by atoms with E-state index in [0.717, 1.165) is 17.8 Å². The molecule has 0 unspecified atom stereocenters. The van der Waals surface area contributed by atoms with Crippen LogP contribution >= 0.6 is 22.6 Å². The quantitative estimate of drug-likeness (QED) is 0.699. The zero-order valence-electron chi connectivity index (χ0n) is 14.0. The van der Waals surface area contributed by atoms with Gasteiger partial charge in [0.25, 0.3) is 5.91 Å². The number of hydrogen-bond acceptors (Lipinski definition) is 2. The first kappa shape index (κ1) is 17.4. The fraction of sp³-hybridized carbons (Fsp3) is 0.350. The summed E-state index contributed by atoms with van der Waals surface area (Å²) in [5.41, 5.74) is 3.93. The molecule has 2 aromatic rings. The number of amides is 1. The molecule has 0 bridgehead atoms. The Hall–Kier alpha value is -1.40. The lowest BCUT2D eigenvalue weighted by Gasteiger charge is -2.26. The van der Waals surface area contributed by atoms with Crippen LogP contribution in [0.3, 0.4) is 0 Å². The number of anilines is 1. The Morgan fingerprint density at radius 3 is 2.46 bits per heavy atom. The molecule has 0 atom stereocenters. The van der Waals surface area contributed by atoms with E-state index in [1.54, 1.807) is 0 Å². The summed E-state index contributed by atoms with van der Waals surface area (Å²) in [7, 11) is 0. The smallest absolute Gasteiger partial charge is 0.255 e. The maximum atomic E-state index is 12.4. The third kappa shape index (κ3) is 4.57. The Morgan fingerprint density at radius 2 is 1.79 bits per heavy atom. The van der Waals surface area contributed by atoms with E-state index in [1.165, 1.54) is 41.5 Å². The number of nitrogens with one attached hydrogen (secondary N) is 1. The highest BCUT2D eigenvalue weighted by Gasteiger charge is 2.11. The number of likely N-dealkylation sites (tertiary alicyclic amines) is 1. The van der Waals surface area contributed by atoms with Crippen molar-refractivity contribution in [2.45, 2.75) is 32.7 Å². The second kappa shape index (κ2) is 8.12. The molecule has 1 aliphatic rings. The predicted molar refractivity (Wildman–Crippen MR) is 107 cm³/mol. The molecule has 24 heavy (non-hydrogen) atoms. The number of nitrogens with zero attached hydrogens (tertiary/aromatic N) is 1. The van der Waals surface area contributed by atoms with Crippen molar-refractivity contribution in [2.24, 2.45) is 0 Å². The van der Waals surface area contributed by atoms with Crippen LogP contribution in [0.2, 0.25) is 0 Å². The molecule has 1 heterocycles. The summed E-state index contributed by atoms with van der Waals surface area (Å²) in [6.45, 7) is 5.38. The van der Waals surface area contributed by atoms with E-state index < -0.39 is 0 Å². The zero-order valence-corrected chi connectivity index (χ0v) is 16.2. The number of halogens is 1. The normalized spacial score (nSPS) is 15.2. The number of carbonyl (C=O) groups is 1. The van der Waals surface area contributed by atoms with Gasteiger partial charge in [-0.3, -0.25) is 9.69 Å². The van der Waals surface area contributed by atoms with Crippen molar-refractivity contribution in [1.29, 1.82) is 0 Å². The highest BCUT2D eigenvalue weighted by Crippen LogP contribution is 2.19. The molecule has 0 saturated carbocycles. The maximum Gasteiger partial charge on any atom is 0.255 e. The average molecular weight is 434 g/mol. The second-order valence-electron chi connectivity index (χ2n) is 6.45. The van der Waals surface area contributed by atoms with Crippen LogP contribution in [0.4, 0.5) is 5.69 Å². The Labute approximate surface area is 157 Å². The van der Waals surface area contributed by atoms with E-state index in [4.69, 9.17) is 0 Å². The average Bonchev–Trinajstić information content (AvgIpc) is 2.59. The topological polar surface area (TPSA) is 32.3 Å². The first-order chi connectivity index (χ1) is 11.6. The lowest BCUT2D eigenvalue weighted by atomic mass is 10.1. The van der Waals surface area contributed by atoms with E-state index in [1.807, 2.05) is 31.2 Å². The molecule has 126 valence electrons. The third-order valence-corrected chi connectivity index (χ3v) is 5.18. The molecule has 0 radical (unpaired) electrons. The highest BCUT2D eigenvalue weighted by atomic mass is 127. The Bertz CT molecular complexity index is 706. The van der Waals surface area contributed by atoms with Gasteiger partial charge in [-0.25, -0.2) is 0 Å². The number of benzene rings is 2. The molecule has 1 amide bonds. The minimum atomic E-state index is -0.0520. The second-order valence-corrected chi connectivity index (χ2v) is 7.69. The summed E-state index contributed by atoms with van der Waals surface area (Å²) >= 11 is 2.28. The minimum Gasteiger partial charge on any atom is -0.322 e. The number of piperidine rings is 1. The summed E-state index contributed by atoms with van der Waals surface area (Å²) in [4.78, 5) is 14.9. The lowest BCUT2D eigenvalue weighted by Crippen LogP contribution is -2.29. The molecule has 4 heteroatoms. The van der Waals surface area contributed by atoms with Crippen LogP contribution in [0.25, 0.3) is 0 Å². The number of rotatable bonds is 4. The predicted octanol–water partition coefficient (Wildman–Crippen LogP) is 4.84. The van der Waals surface area contributed by atoms with Gasteiger partial charge in [0.2, 0.25) is 0 Å². The fourth-order valence-electron chi connectivity index (χ4n) is 3.10. The van der Waals surface area contributed by atoms with Crippen LogP contribution in [0, 0.1) is 10.5 Å². The Balaban J connectivity index is 1.62. The van der Waals surface area contributed by atoms with Gasteiger partial charge < -0.3 is 5.32 Å². The van der Waals surface area contributed by atoms with Crippen molar-refractivity contribution < 1.29 is 4.79 Å². The van der Waals surface area contributed by atoms with Crippen LogP contribution in [-0.4, -0.2) is 23.9 Å². The molecule has 3 nitrogen and oxygen atoms in total. The van der Waals surface area contributed by atoms with Gasteiger partial charge in [0.05, 0.1) is 0 Å². The summed E-state index contributed by atoms with van der Waals surface area (Å²) in [6.07, 6.45) is 3.96. The summed E-state index contributed by atoms with van der Waals surface area (Å²) in [6, 6.07) is 14.0. The molecule has 0 spiro atoms. The fourth-order valence-corrected chi connectivity index (χ4v) is 3.75. The highest BCUT2D eigenvalue weighted by molar-refractivity contribution is 14.1. The number of hydrogen-bond donors (Lipinski definition) is 1. The van der Waals surface area contributed by atoms with Crippen molar-refractivity contribution in [3.8, 4) is 0 Å². The zero-order chi connectivity index (χ0) is 16.9. The lowest BCUT2D eigenvalue weighted by molar-refractivity contribution is 0.102. The van der Waals surface area contributed by atoms with Crippen molar-refractivity contribution in [1.82, 2.24) is 4.90 Å². The van der Waals surface area contributed by atoms with Crippen molar-refractivity contribution in [2.75, 3.05) is 18.4 Å². The van der Waals surface area contributed by atoms with Gasteiger partial charge in [-0.1, -0.05) is 18.6 Å². The van der Waals surface area contributed by atoms with E-state index >= 15 is 0 Å². The van der Waals surface area contributed by atoms with E-state index in [2.05, 4.69) is 51.0 Å². The molecule has 0 aliphatic carbocycles. The van der Waals surface area contributed by atoms with Crippen molar-refractivity contribution in [3.63, 3.8) is 0 Å². The van der Waals surface area contributed by atoms with Gasteiger partial charge in [-0.15, -0.1) is 0 Å². The largest absolute Gasteiger partial charge is 0.322 e. The maximum absolute atomic E-state index is 12.4. The number of carbonyl (C=O) groups excluding carboxylic acids is 1. The molecule has 1 N–H and O–H groups in total. The van der Waals surface area contributed by atoms with Crippen molar-refractivity contribution >= 4 is 34.2 Å². The van der Waals surface area contributed by atoms with Crippen molar-refractivity contribution in [3.05, 3.63) is 62.7 Å². The van der Waals surface area contributed by atoms with E-state index in [-0.39, 0.29) is 5.91 Å². The molecular weight excluding hydrogens is 411 g/mol. The van der Waals surface area contributed by atoms with Gasteiger partial charge in [-0.05, 0) is 96.9 Å². The van der Waals surface area contributed by atoms with Gasteiger partial charge in [0.15, 0.2) is 0 Å². The summed E-state index contributed by atoms with van der Waals surface area (Å²) in [5.74, 6) is -0.0520. The van der Waals surface area contributed by atoms with Gasteiger partial charge in [0, 0.05) is 21.4 Å². The van der Waals surface area contributed by atoms with Crippen LogP contribution in [-0.2, 0) is 6.54 Å². The molecular formula is C20H23IN2O. The van der Waals surface area contributed by atoms with Gasteiger partial charge in [-0.2, -0.15) is 0 Å². The van der Waals surface area contributed by atoms with Gasteiger partial charge >= 0.3 is 0 Å². The van der Waals surface area contributed by atoms with Crippen LogP contribution in [0.1, 0.15) is 40.7 Å². The van der Waals surface area contributed by atoms with Crippen LogP contribution < -0.4 is 5.32 Å². The molecule has 1 aliphatic heterocycles. The molecule has 1 fully saturated rings. The minimum absolute atomic E-state index is 0.0520. The summed E-state index contributed by atoms with van der Waals surface area (Å²) < 4.78 is 1.17. The Kier molecular flexibility index (Phi) is 5.89. The third-order valence-electron chi connectivity index (χ3n) is 4.51. The Morgan fingerprint density at radius 1 is 1.08 bits per heavy atom. The SMILES string of the molecule is Cc1cc(I)ccc1NC(=O)c1ccc(CN2CCCCC2)cc1. The first-order valence-corrected chi connectivity index (χ1v) is 9.58.